The predicted molar refractivity (Wildman–Crippen MR) is 118 cm³/mol. The Morgan fingerprint density at radius 1 is 0.882 bits per heavy atom. The third-order valence-corrected chi connectivity index (χ3v) is 4.85. The molecule has 0 unspecified atom stereocenters. The highest BCUT2D eigenvalue weighted by molar-refractivity contribution is 5.33. The van der Waals surface area contributed by atoms with Crippen molar-refractivity contribution in [2.24, 2.45) is 0 Å². The normalized spacial score (nSPS) is 10.5. The van der Waals surface area contributed by atoms with Crippen molar-refractivity contribution >= 4 is 11.4 Å². The summed E-state index contributed by atoms with van der Waals surface area (Å²) in [6, 6.07) is 12.1. The van der Waals surface area contributed by atoms with Gasteiger partial charge in [0.2, 0.25) is 0 Å². The van der Waals surface area contributed by atoms with Gasteiger partial charge in [-0.25, -0.2) is 8.78 Å². The van der Waals surface area contributed by atoms with Crippen LogP contribution in [0, 0.1) is 45.7 Å². The van der Waals surface area contributed by atoms with E-state index in [-0.39, 0.29) is 23.0 Å². The van der Waals surface area contributed by atoms with Gasteiger partial charge in [0.1, 0.15) is 35.4 Å². The molecule has 0 radical (unpaired) electrons. The third kappa shape index (κ3) is 6.06. The second-order valence-corrected chi connectivity index (χ2v) is 7.34. The number of rotatable bonds is 6. The first-order valence-electron chi connectivity index (χ1n) is 9.98. The minimum Gasteiger partial charge on any atom is -0.261 e. The second kappa shape index (κ2) is 10.4. The largest absolute Gasteiger partial charge is 0.309 e. The molecule has 176 valence electrons. The Morgan fingerprint density at radius 3 is 1.91 bits per heavy atom. The maximum atomic E-state index is 13.0. The Bertz CT molecular complexity index is 1320. The molecule has 0 bridgehead atoms. The van der Waals surface area contributed by atoms with E-state index in [9.17, 15) is 29.0 Å². The highest BCUT2D eigenvalue weighted by Crippen LogP contribution is 2.18. The maximum absolute atomic E-state index is 13.0. The fourth-order valence-corrected chi connectivity index (χ4v) is 3.17. The fourth-order valence-electron chi connectivity index (χ4n) is 3.17. The lowest BCUT2D eigenvalue weighted by molar-refractivity contribution is -0.385. The number of aromatic nitrogens is 4. The molecular formula is C22H20F2N6O4. The molecule has 0 N–H and O–H groups in total. The number of hydrogen-bond acceptors (Lipinski definition) is 6. The van der Waals surface area contributed by atoms with Crippen molar-refractivity contribution in [3.8, 4) is 0 Å². The van der Waals surface area contributed by atoms with Crippen molar-refractivity contribution in [3.63, 3.8) is 0 Å². The Balaban J connectivity index is 0.000000191. The van der Waals surface area contributed by atoms with Gasteiger partial charge in [-0.2, -0.15) is 10.2 Å². The molecule has 0 saturated carbocycles. The SMILES string of the molecule is Cc1c([N+](=O)[O-])cnn1Cc1cccc(F)c1.Cc1nn(Cc2cccc(F)c2)cc1[N+](=O)[O-]. The standard InChI is InChI=1S/2C11H10FN3O2/c1-8-11(15(16)17)6-13-14(8)7-9-3-2-4-10(12)5-9;1-8-11(15(16)17)7-14(13-8)6-9-3-2-4-10(12)5-9/h2-6H,7H2,1H3;2-5,7H,6H2,1H3. The number of benzene rings is 2. The van der Waals surface area contributed by atoms with Crippen LogP contribution >= 0.6 is 0 Å². The zero-order valence-corrected chi connectivity index (χ0v) is 18.3. The van der Waals surface area contributed by atoms with E-state index in [1.807, 2.05) is 0 Å². The van der Waals surface area contributed by atoms with Crippen molar-refractivity contribution in [1.82, 2.24) is 19.6 Å². The third-order valence-electron chi connectivity index (χ3n) is 4.85. The van der Waals surface area contributed by atoms with Crippen LogP contribution in [0.3, 0.4) is 0 Å². The Labute approximate surface area is 192 Å². The lowest BCUT2D eigenvalue weighted by Gasteiger charge is -2.03. The van der Waals surface area contributed by atoms with Crippen LogP contribution in [0.4, 0.5) is 20.2 Å². The molecule has 34 heavy (non-hydrogen) atoms. The van der Waals surface area contributed by atoms with Crippen LogP contribution in [0.25, 0.3) is 0 Å². The first-order chi connectivity index (χ1) is 16.1. The average Bonchev–Trinajstić information content (AvgIpc) is 3.31. The van der Waals surface area contributed by atoms with Crippen molar-refractivity contribution in [2.75, 3.05) is 0 Å². The number of nitro groups is 2. The van der Waals surface area contributed by atoms with E-state index in [1.54, 1.807) is 38.1 Å². The smallest absolute Gasteiger partial charge is 0.261 e. The quantitative estimate of drug-likeness (QED) is 0.300. The van der Waals surface area contributed by atoms with Crippen LogP contribution in [-0.2, 0) is 13.1 Å². The summed E-state index contributed by atoms with van der Waals surface area (Å²) in [7, 11) is 0. The van der Waals surface area contributed by atoms with Crippen molar-refractivity contribution in [1.29, 1.82) is 0 Å². The van der Waals surface area contributed by atoms with Gasteiger partial charge >= 0.3 is 11.4 Å². The molecule has 0 saturated heterocycles. The molecule has 0 spiro atoms. The maximum Gasteiger partial charge on any atom is 0.309 e. The molecule has 2 aromatic heterocycles. The molecule has 2 aromatic carbocycles. The molecule has 0 atom stereocenters. The van der Waals surface area contributed by atoms with Gasteiger partial charge in [0, 0.05) is 0 Å². The van der Waals surface area contributed by atoms with E-state index >= 15 is 0 Å². The molecule has 0 aliphatic heterocycles. The number of nitrogens with zero attached hydrogens (tertiary/aromatic N) is 6. The highest BCUT2D eigenvalue weighted by atomic mass is 19.1. The minimum absolute atomic E-state index is 0.0265. The van der Waals surface area contributed by atoms with Gasteiger partial charge in [0.15, 0.2) is 0 Å². The molecule has 4 rings (SSSR count). The number of aryl methyl sites for hydroxylation is 1. The number of halogens is 2. The predicted octanol–water partition coefficient (Wildman–Crippen LogP) is 4.57. The van der Waals surface area contributed by atoms with Gasteiger partial charge in [-0.05, 0) is 49.2 Å². The van der Waals surface area contributed by atoms with Crippen LogP contribution < -0.4 is 0 Å². The number of hydrogen-bond donors (Lipinski definition) is 0. The molecule has 0 fully saturated rings. The average molecular weight is 470 g/mol. The lowest BCUT2D eigenvalue weighted by atomic mass is 10.2. The summed E-state index contributed by atoms with van der Waals surface area (Å²) < 4.78 is 28.8. The van der Waals surface area contributed by atoms with Crippen molar-refractivity contribution in [3.05, 3.63) is 115 Å². The Morgan fingerprint density at radius 2 is 1.44 bits per heavy atom. The van der Waals surface area contributed by atoms with Gasteiger partial charge in [-0.1, -0.05) is 24.3 Å². The van der Waals surface area contributed by atoms with E-state index in [0.717, 1.165) is 0 Å². The van der Waals surface area contributed by atoms with Gasteiger partial charge in [0.25, 0.3) is 0 Å². The monoisotopic (exact) mass is 470 g/mol. The van der Waals surface area contributed by atoms with Crippen molar-refractivity contribution in [2.45, 2.75) is 26.9 Å². The molecule has 10 nitrogen and oxygen atoms in total. The lowest BCUT2D eigenvalue weighted by Crippen LogP contribution is -2.04. The van der Waals surface area contributed by atoms with E-state index in [4.69, 9.17) is 0 Å². The van der Waals surface area contributed by atoms with Crippen molar-refractivity contribution < 1.29 is 18.6 Å². The van der Waals surface area contributed by atoms with Crippen LogP contribution in [0.15, 0.2) is 60.9 Å². The van der Waals surface area contributed by atoms with Crippen LogP contribution in [0.1, 0.15) is 22.5 Å². The van der Waals surface area contributed by atoms with Gasteiger partial charge < -0.3 is 0 Å². The van der Waals surface area contributed by atoms with E-state index in [1.165, 1.54) is 46.0 Å². The van der Waals surface area contributed by atoms with E-state index in [2.05, 4.69) is 10.2 Å². The van der Waals surface area contributed by atoms with E-state index in [0.29, 0.717) is 35.6 Å². The summed E-state index contributed by atoms with van der Waals surface area (Å²) >= 11 is 0. The Kier molecular flexibility index (Phi) is 7.41. The molecule has 2 heterocycles. The highest BCUT2D eigenvalue weighted by Gasteiger charge is 2.16. The van der Waals surface area contributed by atoms with Gasteiger partial charge in [-0.15, -0.1) is 0 Å². The first-order valence-corrected chi connectivity index (χ1v) is 9.98. The summed E-state index contributed by atoms with van der Waals surface area (Å²) in [5.41, 5.74) is 2.18. The molecule has 0 amide bonds. The minimum atomic E-state index is -0.482. The van der Waals surface area contributed by atoms with Crippen LogP contribution in [0.5, 0.6) is 0 Å². The molecule has 4 aromatic rings. The van der Waals surface area contributed by atoms with E-state index < -0.39 is 9.85 Å². The summed E-state index contributed by atoms with van der Waals surface area (Å²) in [4.78, 5) is 20.3. The first kappa shape index (κ1) is 24.2. The molecular weight excluding hydrogens is 450 g/mol. The zero-order chi connectivity index (χ0) is 24.8. The Hall–Kier alpha value is -4.48. The molecule has 0 aliphatic carbocycles. The summed E-state index contributed by atoms with van der Waals surface area (Å²) in [5.74, 6) is -0.664. The molecule has 0 aliphatic rings. The van der Waals surface area contributed by atoms with Crippen LogP contribution in [0.2, 0.25) is 0 Å². The summed E-state index contributed by atoms with van der Waals surface area (Å²) in [5, 5.41) is 29.2. The topological polar surface area (TPSA) is 122 Å². The van der Waals surface area contributed by atoms with Gasteiger partial charge in [-0.3, -0.25) is 29.6 Å². The summed E-state index contributed by atoms with van der Waals surface area (Å²) in [6.45, 7) is 3.81. The second-order valence-electron chi connectivity index (χ2n) is 7.34. The van der Waals surface area contributed by atoms with Gasteiger partial charge in [0.05, 0.1) is 22.9 Å². The zero-order valence-electron chi connectivity index (χ0n) is 18.3. The fraction of sp³-hybridized carbons (Fsp3) is 0.182. The molecule has 12 heteroatoms. The van der Waals surface area contributed by atoms with Crippen LogP contribution in [-0.4, -0.2) is 29.4 Å². The summed E-state index contributed by atoms with van der Waals surface area (Å²) in [6.07, 6.45) is 2.55.